The Balaban J connectivity index is 1.10. The minimum Gasteiger partial charge on any atom is -0.497 e. The molecule has 52 heavy (non-hydrogen) atoms. The maximum atomic E-state index is 5.50. The van der Waals surface area contributed by atoms with E-state index in [0.29, 0.717) is 0 Å². The third kappa shape index (κ3) is 4.29. The van der Waals surface area contributed by atoms with Crippen LogP contribution in [0.25, 0.3) is 77.2 Å². The topological polar surface area (TPSA) is 9.23 Å². The second-order valence-corrected chi connectivity index (χ2v) is 15.6. The van der Waals surface area contributed by atoms with E-state index in [9.17, 15) is 0 Å². The first-order valence-corrected chi connectivity index (χ1v) is 18.4. The molecule has 0 amide bonds. The lowest BCUT2D eigenvalue weighted by atomic mass is 9.79. The van der Waals surface area contributed by atoms with E-state index >= 15 is 0 Å². The largest absolute Gasteiger partial charge is 0.497 e. The second kappa shape index (κ2) is 11.0. The van der Waals surface area contributed by atoms with Crippen LogP contribution in [-0.2, 0) is 10.8 Å². The molecular weight excluding hydrogens is 629 g/mol. The van der Waals surface area contributed by atoms with Crippen LogP contribution in [0.4, 0.5) is 0 Å². The van der Waals surface area contributed by atoms with Crippen molar-refractivity contribution in [1.82, 2.24) is 0 Å². The van der Waals surface area contributed by atoms with Crippen LogP contribution in [0.2, 0.25) is 0 Å². The quantitative estimate of drug-likeness (QED) is 0.170. The van der Waals surface area contributed by atoms with Gasteiger partial charge in [-0.1, -0.05) is 149 Å². The lowest BCUT2D eigenvalue weighted by molar-refractivity contribution is 0.415. The summed E-state index contributed by atoms with van der Waals surface area (Å²) in [6.45, 7) is 9.52. The highest BCUT2D eigenvalue weighted by molar-refractivity contribution is 6.21. The van der Waals surface area contributed by atoms with Crippen molar-refractivity contribution < 1.29 is 4.74 Å². The van der Waals surface area contributed by atoms with Gasteiger partial charge in [0.15, 0.2) is 0 Å². The van der Waals surface area contributed by atoms with Crippen LogP contribution < -0.4 is 4.74 Å². The highest BCUT2D eigenvalue weighted by Gasteiger charge is 2.37. The summed E-state index contributed by atoms with van der Waals surface area (Å²) in [4.78, 5) is 0. The van der Waals surface area contributed by atoms with Gasteiger partial charge in [-0.15, -0.1) is 0 Å². The molecule has 2 aliphatic rings. The molecule has 0 N–H and O–H groups in total. The van der Waals surface area contributed by atoms with E-state index in [1.807, 2.05) is 0 Å². The van der Waals surface area contributed by atoms with Crippen LogP contribution in [0, 0.1) is 0 Å². The molecule has 0 aromatic heterocycles. The van der Waals surface area contributed by atoms with Crippen molar-refractivity contribution in [3.8, 4) is 61.4 Å². The average molecular weight is 669 g/mol. The van der Waals surface area contributed by atoms with Gasteiger partial charge < -0.3 is 4.74 Å². The molecule has 0 spiro atoms. The van der Waals surface area contributed by atoms with E-state index in [4.69, 9.17) is 4.74 Å². The van der Waals surface area contributed by atoms with Crippen LogP contribution in [-0.4, -0.2) is 7.11 Å². The summed E-state index contributed by atoms with van der Waals surface area (Å²) in [7, 11) is 1.72. The summed E-state index contributed by atoms with van der Waals surface area (Å²) in [5, 5.41) is 5.05. The Hall–Kier alpha value is -5.92. The van der Waals surface area contributed by atoms with Gasteiger partial charge in [0.05, 0.1) is 7.11 Å². The number of benzene rings is 8. The van der Waals surface area contributed by atoms with Gasteiger partial charge in [0.1, 0.15) is 5.75 Å². The predicted molar refractivity (Wildman–Crippen MR) is 219 cm³/mol. The Morgan fingerprint density at radius 3 is 1.21 bits per heavy atom. The number of hydrogen-bond donors (Lipinski definition) is 0. The molecule has 250 valence electrons. The maximum absolute atomic E-state index is 5.50. The second-order valence-electron chi connectivity index (χ2n) is 15.6. The van der Waals surface area contributed by atoms with Crippen LogP contribution in [0.5, 0.6) is 5.75 Å². The van der Waals surface area contributed by atoms with Gasteiger partial charge >= 0.3 is 0 Å². The highest BCUT2D eigenvalue weighted by atomic mass is 16.5. The zero-order valence-corrected chi connectivity index (χ0v) is 30.3. The van der Waals surface area contributed by atoms with Gasteiger partial charge in [0, 0.05) is 10.8 Å². The molecule has 8 aromatic carbocycles. The van der Waals surface area contributed by atoms with E-state index in [2.05, 4.69) is 179 Å². The molecular formula is C51H40O. The fourth-order valence-corrected chi connectivity index (χ4v) is 9.46. The van der Waals surface area contributed by atoms with Crippen LogP contribution >= 0.6 is 0 Å². The number of hydrogen-bond acceptors (Lipinski definition) is 1. The first-order valence-electron chi connectivity index (χ1n) is 18.4. The molecule has 2 aliphatic carbocycles. The van der Waals surface area contributed by atoms with Crippen molar-refractivity contribution in [3.63, 3.8) is 0 Å². The summed E-state index contributed by atoms with van der Waals surface area (Å²) in [5.74, 6) is 0.866. The zero-order chi connectivity index (χ0) is 35.4. The molecule has 0 bridgehead atoms. The highest BCUT2D eigenvalue weighted by Crippen LogP contribution is 2.53. The molecule has 0 aliphatic heterocycles. The minimum absolute atomic E-state index is 0.0221. The van der Waals surface area contributed by atoms with Gasteiger partial charge in [0.2, 0.25) is 0 Å². The summed E-state index contributed by atoms with van der Waals surface area (Å²) in [5.41, 5.74) is 18.4. The van der Waals surface area contributed by atoms with Crippen molar-refractivity contribution in [2.75, 3.05) is 7.11 Å². The van der Waals surface area contributed by atoms with Gasteiger partial charge in [-0.05, 0) is 130 Å². The van der Waals surface area contributed by atoms with Crippen LogP contribution in [0.1, 0.15) is 49.9 Å². The summed E-state index contributed by atoms with van der Waals surface area (Å²) in [6.07, 6.45) is 0. The zero-order valence-electron chi connectivity index (χ0n) is 30.3. The van der Waals surface area contributed by atoms with Crippen LogP contribution in [0.3, 0.4) is 0 Å². The normalized spacial score (nSPS) is 14.6. The molecule has 10 rings (SSSR count). The molecule has 8 aromatic rings. The summed E-state index contributed by atoms with van der Waals surface area (Å²) in [6, 6.07) is 56.6. The first kappa shape index (κ1) is 30.9. The number of rotatable bonds is 4. The Morgan fingerprint density at radius 2 is 0.712 bits per heavy atom. The summed E-state index contributed by atoms with van der Waals surface area (Å²) >= 11 is 0. The standard InChI is InChI=1S/C51H40O/c1-50(2)44-17-11-10-12-36(44)37-25-20-32(28-45(37)50)33-21-26-38-39-27-22-34(30-47(39)51(3,4)46(38)29-33)49-42-15-8-6-13-40(42)48(41-14-7-9-16-43(41)49)31-18-23-35(52-5)24-19-31/h6-30H,1-5H3. The lowest BCUT2D eigenvalue weighted by Gasteiger charge is -2.24. The third-order valence-corrected chi connectivity index (χ3v) is 12.2. The predicted octanol–water partition coefficient (Wildman–Crippen LogP) is 13.6. The molecule has 0 atom stereocenters. The fourth-order valence-electron chi connectivity index (χ4n) is 9.46. The Bertz CT molecular complexity index is 2700. The molecule has 0 fully saturated rings. The smallest absolute Gasteiger partial charge is 0.118 e. The minimum atomic E-state index is -0.155. The van der Waals surface area contributed by atoms with Gasteiger partial charge in [-0.3, -0.25) is 0 Å². The van der Waals surface area contributed by atoms with Crippen LogP contribution in [0.15, 0.2) is 152 Å². The maximum Gasteiger partial charge on any atom is 0.118 e. The Kier molecular flexibility index (Phi) is 6.55. The molecule has 1 heteroatoms. The third-order valence-electron chi connectivity index (χ3n) is 12.2. The van der Waals surface area contributed by atoms with E-state index in [1.165, 1.54) is 99.4 Å². The molecule has 0 heterocycles. The number of methoxy groups -OCH3 is 1. The Morgan fingerprint density at radius 1 is 0.346 bits per heavy atom. The van der Waals surface area contributed by atoms with Crippen molar-refractivity contribution in [2.45, 2.75) is 38.5 Å². The van der Waals surface area contributed by atoms with Crippen molar-refractivity contribution in [3.05, 3.63) is 174 Å². The van der Waals surface area contributed by atoms with Crippen molar-refractivity contribution >= 4 is 21.5 Å². The number of fused-ring (bicyclic) bond motifs is 8. The molecule has 0 radical (unpaired) electrons. The van der Waals surface area contributed by atoms with Gasteiger partial charge in [-0.2, -0.15) is 0 Å². The van der Waals surface area contributed by atoms with E-state index < -0.39 is 0 Å². The van der Waals surface area contributed by atoms with Crippen molar-refractivity contribution in [2.24, 2.45) is 0 Å². The first-order chi connectivity index (χ1) is 25.3. The molecule has 1 nitrogen and oxygen atoms in total. The van der Waals surface area contributed by atoms with Gasteiger partial charge in [-0.25, -0.2) is 0 Å². The van der Waals surface area contributed by atoms with Gasteiger partial charge in [0.25, 0.3) is 0 Å². The monoisotopic (exact) mass is 668 g/mol. The van der Waals surface area contributed by atoms with Crippen molar-refractivity contribution in [1.29, 1.82) is 0 Å². The number of ether oxygens (including phenoxy) is 1. The lowest BCUT2D eigenvalue weighted by Crippen LogP contribution is -2.15. The van der Waals surface area contributed by atoms with E-state index in [1.54, 1.807) is 7.11 Å². The SMILES string of the molecule is COc1ccc(-c2c3ccccc3c(-c3ccc4c(c3)C(C)(C)c3cc(-c5ccc6c(c5)C(C)(C)c5ccccc5-6)ccc3-4)c3ccccc23)cc1. The van der Waals surface area contributed by atoms with E-state index in [0.717, 1.165) is 5.75 Å². The average Bonchev–Trinajstić information content (AvgIpc) is 3.55. The summed E-state index contributed by atoms with van der Waals surface area (Å²) < 4.78 is 5.50. The fraction of sp³-hybridized carbons (Fsp3) is 0.137. The Labute approximate surface area is 306 Å². The molecule has 0 saturated carbocycles. The molecule has 0 unspecified atom stereocenters. The molecule has 0 saturated heterocycles. The van der Waals surface area contributed by atoms with E-state index in [-0.39, 0.29) is 10.8 Å².